The molecule has 1 aliphatic carbocycles. The summed E-state index contributed by atoms with van der Waals surface area (Å²) in [5.41, 5.74) is 0.818. The molecule has 1 unspecified atom stereocenters. The van der Waals surface area contributed by atoms with E-state index in [1.807, 2.05) is 6.08 Å². The summed E-state index contributed by atoms with van der Waals surface area (Å²) < 4.78 is 0. The van der Waals surface area contributed by atoms with Gasteiger partial charge in [-0.3, -0.25) is 14.4 Å². The van der Waals surface area contributed by atoms with Gasteiger partial charge in [-0.1, -0.05) is 6.08 Å². The van der Waals surface area contributed by atoms with Gasteiger partial charge < -0.3 is 0 Å². The third-order valence-electron chi connectivity index (χ3n) is 3.23. The zero-order chi connectivity index (χ0) is 12.6. The number of imide groups is 1. The van der Waals surface area contributed by atoms with E-state index in [2.05, 4.69) is 0 Å². The number of carbonyl (C=O) groups excluding carboxylic acids is 3. The van der Waals surface area contributed by atoms with Crippen LogP contribution in [0.25, 0.3) is 0 Å². The van der Waals surface area contributed by atoms with Crippen molar-refractivity contribution in [2.75, 3.05) is 0 Å². The van der Waals surface area contributed by atoms with Gasteiger partial charge in [-0.2, -0.15) is 5.01 Å². The number of nitrogens with zero attached hydrogens (tertiary/aromatic N) is 2. The van der Waals surface area contributed by atoms with Crippen molar-refractivity contribution in [2.45, 2.75) is 39.5 Å². The SMILES string of the molecule is CC(=O)N1C(=O)CC2CCCC=C2N1C(C)=O. The summed E-state index contributed by atoms with van der Waals surface area (Å²) in [6.45, 7) is 2.68. The number of amides is 3. The van der Waals surface area contributed by atoms with E-state index < -0.39 is 5.91 Å². The Kier molecular flexibility index (Phi) is 3.00. The quantitative estimate of drug-likeness (QED) is 0.635. The first-order valence-corrected chi connectivity index (χ1v) is 5.86. The van der Waals surface area contributed by atoms with Gasteiger partial charge in [0.05, 0.1) is 0 Å². The molecular weight excluding hydrogens is 220 g/mol. The lowest BCUT2D eigenvalue weighted by molar-refractivity contribution is -0.173. The number of hydrazine groups is 1. The predicted molar refractivity (Wildman–Crippen MR) is 60.1 cm³/mol. The molecule has 0 saturated carbocycles. The molecule has 0 aromatic rings. The van der Waals surface area contributed by atoms with Gasteiger partial charge in [-0.25, -0.2) is 5.01 Å². The van der Waals surface area contributed by atoms with Gasteiger partial charge in [0.15, 0.2) is 0 Å². The van der Waals surface area contributed by atoms with E-state index in [1.165, 1.54) is 18.9 Å². The van der Waals surface area contributed by atoms with E-state index in [0.29, 0.717) is 6.42 Å². The minimum absolute atomic E-state index is 0.0933. The minimum atomic E-state index is -0.407. The molecule has 2 aliphatic rings. The van der Waals surface area contributed by atoms with Crippen LogP contribution < -0.4 is 0 Å². The fraction of sp³-hybridized carbons (Fsp3) is 0.583. The Hall–Kier alpha value is -1.65. The molecule has 3 amide bonds. The molecule has 17 heavy (non-hydrogen) atoms. The van der Waals surface area contributed by atoms with Crippen LogP contribution in [-0.2, 0) is 14.4 Å². The molecular formula is C12H16N2O3. The van der Waals surface area contributed by atoms with Gasteiger partial charge in [-0.15, -0.1) is 0 Å². The highest BCUT2D eigenvalue weighted by Crippen LogP contribution is 2.35. The lowest BCUT2D eigenvalue weighted by atomic mass is 9.87. The van der Waals surface area contributed by atoms with Gasteiger partial charge in [0.25, 0.3) is 0 Å². The van der Waals surface area contributed by atoms with E-state index in [0.717, 1.165) is 30.0 Å². The molecule has 1 atom stereocenters. The zero-order valence-corrected chi connectivity index (χ0v) is 10.1. The minimum Gasteiger partial charge on any atom is -0.273 e. The molecule has 92 valence electrons. The van der Waals surface area contributed by atoms with E-state index in [-0.39, 0.29) is 17.7 Å². The van der Waals surface area contributed by atoms with Crippen LogP contribution in [0.4, 0.5) is 0 Å². The van der Waals surface area contributed by atoms with Gasteiger partial charge >= 0.3 is 0 Å². The Morgan fingerprint density at radius 1 is 1.24 bits per heavy atom. The Labute approximate surface area is 100 Å². The fourth-order valence-corrected chi connectivity index (χ4v) is 2.56. The van der Waals surface area contributed by atoms with Crippen molar-refractivity contribution in [3.8, 4) is 0 Å². The van der Waals surface area contributed by atoms with Crippen molar-refractivity contribution in [2.24, 2.45) is 5.92 Å². The van der Waals surface area contributed by atoms with Crippen LogP contribution in [0, 0.1) is 5.92 Å². The fourth-order valence-electron chi connectivity index (χ4n) is 2.56. The van der Waals surface area contributed by atoms with Crippen LogP contribution in [0.2, 0.25) is 0 Å². The zero-order valence-electron chi connectivity index (χ0n) is 10.1. The molecule has 0 bridgehead atoms. The number of carbonyl (C=O) groups is 3. The summed E-state index contributed by atoms with van der Waals surface area (Å²) in [5.74, 6) is -0.881. The van der Waals surface area contributed by atoms with Gasteiger partial charge in [0, 0.05) is 31.9 Å². The molecule has 5 nitrogen and oxygen atoms in total. The number of hydrogen-bond acceptors (Lipinski definition) is 3. The van der Waals surface area contributed by atoms with Crippen molar-refractivity contribution in [3.63, 3.8) is 0 Å². The third kappa shape index (κ3) is 1.97. The summed E-state index contributed by atoms with van der Waals surface area (Å²) in [5, 5.41) is 2.22. The van der Waals surface area contributed by atoms with Crippen molar-refractivity contribution in [1.82, 2.24) is 10.0 Å². The highest BCUT2D eigenvalue weighted by Gasteiger charge is 2.40. The molecule has 2 rings (SSSR count). The van der Waals surface area contributed by atoms with Crippen LogP contribution >= 0.6 is 0 Å². The van der Waals surface area contributed by atoms with Crippen molar-refractivity contribution in [1.29, 1.82) is 0 Å². The highest BCUT2D eigenvalue weighted by atomic mass is 16.2. The van der Waals surface area contributed by atoms with Crippen LogP contribution in [0.5, 0.6) is 0 Å². The first kappa shape index (κ1) is 11.8. The molecule has 0 aromatic carbocycles. The number of allylic oxidation sites excluding steroid dienone is 2. The summed E-state index contributed by atoms with van der Waals surface area (Å²) in [4.78, 5) is 35.0. The lowest BCUT2D eigenvalue weighted by Gasteiger charge is -2.42. The smallest absolute Gasteiger partial charge is 0.249 e. The second-order valence-electron chi connectivity index (χ2n) is 4.52. The van der Waals surface area contributed by atoms with Gasteiger partial charge in [0.1, 0.15) is 0 Å². The monoisotopic (exact) mass is 236 g/mol. The molecule has 1 fully saturated rings. The summed E-state index contributed by atoms with van der Waals surface area (Å²) in [6.07, 6.45) is 5.14. The lowest BCUT2D eigenvalue weighted by Crippen LogP contribution is -2.56. The maximum Gasteiger partial charge on any atom is 0.249 e. The Balaban J connectivity index is 2.41. The standard InChI is InChI=1S/C12H16N2O3/c1-8(15)13-11-6-4-3-5-10(11)7-12(17)14(13)9(2)16/h6,10H,3-5,7H2,1-2H3. The Bertz CT molecular complexity index is 414. The maximum absolute atomic E-state index is 11.9. The van der Waals surface area contributed by atoms with Crippen LogP contribution in [0.15, 0.2) is 11.8 Å². The summed E-state index contributed by atoms with van der Waals surface area (Å²) in [6, 6.07) is 0. The van der Waals surface area contributed by atoms with Gasteiger partial charge in [-0.05, 0) is 19.3 Å². The highest BCUT2D eigenvalue weighted by molar-refractivity contribution is 5.97. The molecule has 0 N–H and O–H groups in total. The van der Waals surface area contributed by atoms with Crippen LogP contribution in [0.3, 0.4) is 0 Å². The normalized spacial score (nSPS) is 24.2. The molecule has 0 aromatic heterocycles. The summed E-state index contributed by atoms with van der Waals surface area (Å²) in [7, 11) is 0. The van der Waals surface area contributed by atoms with Crippen molar-refractivity contribution in [3.05, 3.63) is 11.8 Å². The first-order valence-electron chi connectivity index (χ1n) is 5.86. The Morgan fingerprint density at radius 2 is 1.88 bits per heavy atom. The van der Waals surface area contributed by atoms with E-state index in [1.54, 1.807) is 0 Å². The molecule has 0 radical (unpaired) electrons. The second-order valence-corrected chi connectivity index (χ2v) is 4.52. The molecule has 5 heteroatoms. The predicted octanol–water partition coefficient (Wildman–Crippen LogP) is 1.21. The van der Waals surface area contributed by atoms with E-state index in [9.17, 15) is 14.4 Å². The molecule has 1 aliphatic heterocycles. The molecule has 1 heterocycles. The molecule has 1 saturated heterocycles. The number of rotatable bonds is 0. The van der Waals surface area contributed by atoms with Crippen molar-refractivity contribution >= 4 is 17.7 Å². The first-order chi connectivity index (χ1) is 8.02. The van der Waals surface area contributed by atoms with Crippen LogP contribution in [0.1, 0.15) is 39.5 Å². The van der Waals surface area contributed by atoms with Gasteiger partial charge in [0.2, 0.25) is 17.7 Å². The Morgan fingerprint density at radius 3 is 2.47 bits per heavy atom. The second kappa shape index (κ2) is 4.31. The average molecular weight is 236 g/mol. The largest absolute Gasteiger partial charge is 0.273 e. The average Bonchev–Trinajstić information content (AvgIpc) is 2.26. The van der Waals surface area contributed by atoms with E-state index in [4.69, 9.17) is 0 Å². The number of fused-ring (bicyclic) bond motifs is 1. The number of hydrogen-bond donors (Lipinski definition) is 0. The van der Waals surface area contributed by atoms with E-state index >= 15 is 0 Å². The third-order valence-corrected chi connectivity index (χ3v) is 3.23. The maximum atomic E-state index is 11.9. The van der Waals surface area contributed by atoms with Crippen molar-refractivity contribution < 1.29 is 14.4 Å². The van der Waals surface area contributed by atoms with Crippen LogP contribution in [-0.4, -0.2) is 27.7 Å². The topological polar surface area (TPSA) is 57.7 Å². The summed E-state index contributed by atoms with van der Waals surface area (Å²) >= 11 is 0. The molecule has 0 spiro atoms.